The number of rotatable bonds is 7. The highest BCUT2D eigenvalue weighted by molar-refractivity contribution is 4.88. The molecule has 0 aromatic carbocycles. The Morgan fingerprint density at radius 3 is 2.71 bits per heavy atom. The molecule has 3 nitrogen and oxygen atoms in total. The van der Waals surface area contributed by atoms with Crippen LogP contribution in [0.3, 0.4) is 0 Å². The first-order chi connectivity index (χ1) is 8.00. The van der Waals surface area contributed by atoms with Crippen molar-refractivity contribution in [1.29, 1.82) is 0 Å². The van der Waals surface area contributed by atoms with Crippen molar-refractivity contribution in [3.05, 3.63) is 0 Å². The van der Waals surface area contributed by atoms with Gasteiger partial charge in [-0.15, -0.1) is 0 Å². The maximum atomic E-state index is 9.46. The highest BCUT2D eigenvalue weighted by Gasteiger charge is 2.33. The number of likely N-dealkylation sites (tertiary alicyclic amines) is 1. The maximum Gasteiger partial charge on any atom is 0.0589 e. The van der Waals surface area contributed by atoms with E-state index in [9.17, 15) is 5.11 Å². The van der Waals surface area contributed by atoms with Gasteiger partial charge in [0.2, 0.25) is 0 Å². The quantitative estimate of drug-likeness (QED) is 0.667. The van der Waals surface area contributed by atoms with E-state index >= 15 is 0 Å². The second kappa shape index (κ2) is 6.72. The summed E-state index contributed by atoms with van der Waals surface area (Å²) in [4.78, 5) is 2.47. The zero-order chi connectivity index (χ0) is 12.9. The van der Waals surface area contributed by atoms with E-state index in [0.29, 0.717) is 18.6 Å². The third-order valence-electron chi connectivity index (χ3n) is 3.85. The largest absolute Gasteiger partial charge is 0.395 e. The van der Waals surface area contributed by atoms with E-state index in [1.54, 1.807) is 0 Å². The Morgan fingerprint density at radius 2 is 2.12 bits per heavy atom. The van der Waals surface area contributed by atoms with Gasteiger partial charge in [-0.3, -0.25) is 4.90 Å². The molecule has 2 atom stereocenters. The van der Waals surface area contributed by atoms with Crippen LogP contribution in [0.15, 0.2) is 0 Å². The summed E-state index contributed by atoms with van der Waals surface area (Å²) in [6.45, 7) is 13.8. The molecule has 1 aliphatic heterocycles. The third kappa shape index (κ3) is 4.57. The minimum absolute atomic E-state index is 0.284. The summed E-state index contributed by atoms with van der Waals surface area (Å²) in [6, 6.07) is 0.375. The molecule has 17 heavy (non-hydrogen) atoms. The Bertz CT molecular complexity index is 218. The minimum atomic E-state index is 0.284. The molecule has 0 amide bonds. The monoisotopic (exact) mass is 242 g/mol. The summed E-state index contributed by atoms with van der Waals surface area (Å²) in [7, 11) is 0. The average Bonchev–Trinajstić information content (AvgIpc) is 2.58. The van der Waals surface area contributed by atoms with Crippen LogP contribution in [0, 0.1) is 11.3 Å². The number of nitrogens with zero attached hydrogens (tertiary/aromatic N) is 1. The fourth-order valence-electron chi connectivity index (χ4n) is 2.79. The molecule has 0 aromatic rings. The summed E-state index contributed by atoms with van der Waals surface area (Å²) in [5.41, 5.74) is 0.284. The first kappa shape index (κ1) is 14.9. The van der Waals surface area contributed by atoms with Crippen molar-refractivity contribution in [2.24, 2.45) is 11.3 Å². The summed E-state index contributed by atoms with van der Waals surface area (Å²) in [5.74, 6) is 0.638. The molecule has 102 valence electrons. The smallest absolute Gasteiger partial charge is 0.0589 e. The van der Waals surface area contributed by atoms with E-state index in [1.807, 2.05) is 0 Å². The van der Waals surface area contributed by atoms with Crippen LogP contribution in [0.25, 0.3) is 0 Å². The summed E-state index contributed by atoms with van der Waals surface area (Å²) in [5, 5.41) is 13.0. The van der Waals surface area contributed by atoms with Crippen LogP contribution in [-0.2, 0) is 0 Å². The molecule has 0 bridgehead atoms. The predicted octanol–water partition coefficient (Wildman–Crippen LogP) is 1.71. The van der Waals surface area contributed by atoms with Crippen LogP contribution >= 0.6 is 0 Å². The zero-order valence-corrected chi connectivity index (χ0v) is 12.0. The van der Waals surface area contributed by atoms with Gasteiger partial charge >= 0.3 is 0 Å². The van der Waals surface area contributed by atoms with E-state index in [1.165, 1.54) is 12.8 Å². The second-order valence-electron chi connectivity index (χ2n) is 6.33. The van der Waals surface area contributed by atoms with Gasteiger partial charge in [0.25, 0.3) is 0 Å². The first-order valence-corrected chi connectivity index (χ1v) is 7.06. The van der Waals surface area contributed by atoms with Crippen molar-refractivity contribution >= 4 is 0 Å². The van der Waals surface area contributed by atoms with Gasteiger partial charge in [-0.1, -0.05) is 27.7 Å². The van der Waals surface area contributed by atoms with Crippen molar-refractivity contribution in [2.45, 2.75) is 46.6 Å². The fourth-order valence-corrected chi connectivity index (χ4v) is 2.79. The van der Waals surface area contributed by atoms with Gasteiger partial charge in [0, 0.05) is 19.1 Å². The van der Waals surface area contributed by atoms with Crippen molar-refractivity contribution in [1.82, 2.24) is 10.2 Å². The lowest BCUT2D eigenvalue weighted by Crippen LogP contribution is -2.44. The van der Waals surface area contributed by atoms with Crippen LogP contribution in [0.5, 0.6) is 0 Å². The summed E-state index contributed by atoms with van der Waals surface area (Å²) in [6.07, 6.45) is 2.42. The standard InChI is InChI=1S/C14H30N2O/c1-5-7-15-10-14(3,4)11-16-8-6-12(2)13(16)9-17/h12-13,15,17H,5-11H2,1-4H3. The SMILES string of the molecule is CCCNCC(C)(C)CN1CCC(C)C1CO. The molecule has 0 spiro atoms. The van der Waals surface area contributed by atoms with E-state index in [0.717, 1.165) is 26.2 Å². The lowest BCUT2D eigenvalue weighted by molar-refractivity contribution is 0.102. The molecule has 1 rings (SSSR count). The molecule has 1 aliphatic rings. The van der Waals surface area contributed by atoms with Crippen LogP contribution in [0.2, 0.25) is 0 Å². The molecule has 2 N–H and O–H groups in total. The topological polar surface area (TPSA) is 35.5 Å². The zero-order valence-electron chi connectivity index (χ0n) is 12.0. The van der Waals surface area contributed by atoms with Crippen LogP contribution in [0.4, 0.5) is 0 Å². The molecular formula is C14H30N2O. The molecule has 0 radical (unpaired) electrons. The van der Waals surface area contributed by atoms with Gasteiger partial charge in [0.1, 0.15) is 0 Å². The van der Waals surface area contributed by atoms with Crippen molar-refractivity contribution in [2.75, 3.05) is 32.8 Å². The maximum absolute atomic E-state index is 9.46. The lowest BCUT2D eigenvalue weighted by atomic mass is 9.92. The molecule has 0 saturated carbocycles. The van der Waals surface area contributed by atoms with Gasteiger partial charge in [-0.25, -0.2) is 0 Å². The van der Waals surface area contributed by atoms with Crippen molar-refractivity contribution in [3.63, 3.8) is 0 Å². The molecule has 2 unspecified atom stereocenters. The van der Waals surface area contributed by atoms with Gasteiger partial charge in [-0.2, -0.15) is 0 Å². The molecule has 1 saturated heterocycles. The second-order valence-corrected chi connectivity index (χ2v) is 6.33. The molecule has 1 fully saturated rings. The molecule has 3 heteroatoms. The van der Waals surface area contributed by atoms with E-state index in [4.69, 9.17) is 0 Å². The van der Waals surface area contributed by atoms with Gasteiger partial charge in [0.15, 0.2) is 0 Å². The predicted molar refractivity (Wildman–Crippen MR) is 73.2 cm³/mol. The Hall–Kier alpha value is -0.120. The Labute approximate surface area is 107 Å². The number of nitrogens with one attached hydrogen (secondary N) is 1. The van der Waals surface area contributed by atoms with Gasteiger partial charge in [0.05, 0.1) is 6.61 Å². The molecular weight excluding hydrogens is 212 g/mol. The average molecular weight is 242 g/mol. The third-order valence-corrected chi connectivity index (χ3v) is 3.85. The Kier molecular flexibility index (Phi) is 5.90. The fraction of sp³-hybridized carbons (Fsp3) is 1.00. The number of aliphatic hydroxyl groups excluding tert-OH is 1. The van der Waals surface area contributed by atoms with Crippen molar-refractivity contribution in [3.8, 4) is 0 Å². The van der Waals surface area contributed by atoms with Gasteiger partial charge in [-0.05, 0) is 37.3 Å². The normalized spacial score (nSPS) is 26.6. The highest BCUT2D eigenvalue weighted by atomic mass is 16.3. The molecule has 0 aliphatic carbocycles. The molecule has 1 heterocycles. The minimum Gasteiger partial charge on any atom is -0.395 e. The van der Waals surface area contributed by atoms with Crippen LogP contribution in [-0.4, -0.2) is 48.8 Å². The number of hydrogen-bond acceptors (Lipinski definition) is 3. The number of aliphatic hydroxyl groups is 1. The van der Waals surface area contributed by atoms with Crippen LogP contribution < -0.4 is 5.32 Å². The van der Waals surface area contributed by atoms with Crippen molar-refractivity contribution < 1.29 is 5.11 Å². The van der Waals surface area contributed by atoms with E-state index in [2.05, 4.69) is 37.9 Å². The lowest BCUT2D eigenvalue weighted by Gasteiger charge is -2.34. The molecule has 0 aromatic heterocycles. The number of hydrogen-bond donors (Lipinski definition) is 2. The summed E-state index contributed by atoms with van der Waals surface area (Å²) < 4.78 is 0. The summed E-state index contributed by atoms with van der Waals surface area (Å²) >= 11 is 0. The Morgan fingerprint density at radius 1 is 1.41 bits per heavy atom. The van der Waals surface area contributed by atoms with E-state index in [-0.39, 0.29) is 5.41 Å². The van der Waals surface area contributed by atoms with Gasteiger partial charge < -0.3 is 10.4 Å². The highest BCUT2D eigenvalue weighted by Crippen LogP contribution is 2.27. The van der Waals surface area contributed by atoms with E-state index < -0.39 is 0 Å². The first-order valence-electron chi connectivity index (χ1n) is 7.06. The Balaban J connectivity index is 2.40. The van der Waals surface area contributed by atoms with Crippen LogP contribution in [0.1, 0.15) is 40.5 Å².